The monoisotopic (exact) mass is 344 g/mol. The maximum atomic E-state index is 8.97. The molecule has 0 saturated heterocycles. The number of thioether (sulfide) groups is 1. The van der Waals surface area contributed by atoms with Gasteiger partial charge in [0.1, 0.15) is 0 Å². The van der Waals surface area contributed by atoms with Crippen LogP contribution in [0.4, 0.5) is 0 Å². The lowest BCUT2D eigenvalue weighted by atomic mass is 10.1. The highest BCUT2D eigenvalue weighted by molar-refractivity contribution is 7.99. The Balaban J connectivity index is 2.01. The fourth-order valence-electron chi connectivity index (χ4n) is 2.39. The summed E-state index contributed by atoms with van der Waals surface area (Å²) in [5.74, 6) is 0.986. The molecule has 0 unspecified atom stereocenters. The van der Waals surface area contributed by atoms with Gasteiger partial charge in [0.15, 0.2) is 5.16 Å². The van der Waals surface area contributed by atoms with Crippen molar-refractivity contribution in [3.8, 4) is 29.1 Å². The zero-order chi connectivity index (χ0) is 17.6. The molecule has 25 heavy (non-hydrogen) atoms. The molecule has 0 fully saturated rings. The summed E-state index contributed by atoms with van der Waals surface area (Å²) in [6, 6.07) is 19.2. The minimum absolute atomic E-state index is 0.635. The summed E-state index contributed by atoms with van der Waals surface area (Å²) >= 11 is 1.71. The van der Waals surface area contributed by atoms with Gasteiger partial charge in [-0.15, -0.1) is 0 Å². The third-order valence-electron chi connectivity index (χ3n) is 3.69. The SMILES string of the molecule is CCCSc1nc(-c2ccc(C#N)cc2)cn1-c1ccc(C#N)cc1. The van der Waals surface area contributed by atoms with E-state index in [1.54, 1.807) is 23.9 Å². The van der Waals surface area contributed by atoms with Crippen LogP contribution in [0.5, 0.6) is 0 Å². The number of hydrogen-bond donors (Lipinski definition) is 0. The Morgan fingerprint density at radius 1 is 0.960 bits per heavy atom. The molecule has 5 heteroatoms. The van der Waals surface area contributed by atoms with Crippen LogP contribution >= 0.6 is 11.8 Å². The van der Waals surface area contributed by atoms with E-state index in [4.69, 9.17) is 15.5 Å². The highest BCUT2D eigenvalue weighted by Crippen LogP contribution is 2.28. The molecule has 2 aromatic carbocycles. The quantitative estimate of drug-likeness (QED) is 0.625. The van der Waals surface area contributed by atoms with Gasteiger partial charge in [-0.05, 0) is 42.8 Å². The van der Waals surface area contributed by atoms with Gasteiger partial charge in [-0.1, -0.05) is 30.8 Å². The second-order valence-electron chi connectivity index (χ2n) is 5.48. The van der Waals surface area contributed by atoms with E-state index in [-0.39, 0.29) is 0 Å². The van der Waals surface area contributed by atoms with E-state index >= 15 is 0 Å². The number of benzene rings is 2. The maximum absolute atomic E-state index is 8.97. The molecule has 1 heterocycles. The highest BCUT2D eigenvalue weighted by Gasteiger charge is 2.12. The molecule has 122 valence electrons. The largest absolute Gasteiger partial charge is 0.294 e. The molecule has 3 rings (SSSR count). The molecule has 0 spiro atoms. The first kappa shape index (κ1) is 16.8. The zero-order valence-electron chi connectivity index (χ0n) is 13.8. The number of imidazole rings is 1. The normalized spacial score (nSPS) is 10.2. The first-order valence-corrected chi connectivity index (χ1v) is 8.97. The molecule has 4 nitrogen and oxygen atoms in total. The van der Waals surface area contributed by atoms with Gasteiger partial charge in [0.05, 0.1) is 29.0 Å². The number of aromatic nitrogens is 2. The predicted octanol–water partition coefficient (Wildman–Crippen LogP) is 4.78. The van der Waals surface area contributed by atoms with E-state index in [9.17, 15) is 0 Å². The molecule has 0 atom stereocenters. The first-order chi connectivity index (χ1) is 12.2. The highest BCUT2D eigenvalue weighted by atomic mass is 32.2. The van der Waals surface area contributed by atoms with Crippen molar-refractivity contribution >= 4 is 11.8 Å². The van der Waals surface area contributed by atoms with Gasteiger partial charge in [-0.3, -0.25) is 4.57 Å². The summed E-state index contributed by atoms with van der Waals surface area (Å²) in [6.45, 7) is 2.14. The molecule has 0 bridgehead atoms. The topological polar surface area (TPSA) is 65.4 Å². The number of hydrogen-bond acceptors (Lipinski definition) is 4. The lowest BCUT2D eigenvalue weighted by Gasteiger charge is -2.06. The molecule has 0 aliphatic rings. The van der Waals surface area contributed by atoms with Crippen molar-refractivity contribution in [2.75, 3.05) is 5.75 Å². The van der Waals surface area contributed by atoms with Crippen molar-refractivity contribution in [2.24, 2.45) is 0 Å². The maximum Gasteiger partial charge on any atom is 0.173 e. The molecular weight excluding hydrogens is 328 g/mol. The fraction of sp³-hybridized carbons (Fsp3) is 0.150. The third-order valence-corrected chi connectivity index (χ3v) is 4.85. The van der Waals surface area contributed by atoms with Gasteiger partial charge in [0, 0.05) is 23.2 Å². The van der Waals surface area contributed by atoms with Crippen LogP contribution in [0.15, 0.2) is 59.9 Å². The van der Waals surface area contributed by atoms with Crippen molar-refractivity contribution in [3.63, 3.8) is 0 Å². The number of nitrogens with zero attached hydrogens (tertiary/aromatic N) is 4. The number of rotatable bonds is 5. The molecule has 3 aromatic rings. The minimum atomic E-state index is 0.635. The summed E-state index contributed by atoms with van der Waals surface area (Å²) in [5.41, 5.74) is 4.09. The molecule has 0 aliphatic carbocycles. The molecule has 0 amide bonds. The van der Waals surface area contributed by atoms with Gasteiger partial charge in [-0.25, -0.2) is 4.98 Å². The summed E-state index contributed by atoms with van der Waals surface area (Å²) in [5, 5.41) is 18.8. The Morgan fingerprint density at radius 3 is 2.12 bits per heavy atom. The van der Waals surface area contributed by atoms with Gasteiger partial charge in [0.25, 0.3) is 0 Å². The lowest BCUT2D eigenvalue weighted by molar-refractivity contribution is 0.893. The Bertz CT molecular complexity index is 941. The van der Waals surface area contributed by atoms with E-state index < -0.39 is 0 Å². The Kier molecular flexibility index (Phi) is 5.18. The Labute approximate surface area is 151 Å². The van der Waals surface area contributed by atoms with Crippen LogP contribution in [0, 0.1) is 22.7 Å². The summed E-state index contributed by atoms with van der Waals surface area (Å²) in [6.07, 6.45) is 3.07. The van der Waals surface area contributed by atoms with Crippen LogP contribution in [-0.4, -0.2) is 15.3 Å². The van der Waals surface area contributed by atoms with Crippen LogP contribution in [0.25, 0.3) is 16.9 Å². The Hall–Kier alpha value is -3.02. The minimum Gasteiger partial charge on any atom is -0.294 e. The average Bonchev–Trinajstić information content (AvgIpc) is 3.10. The van der Waals surface area contributed by atoms with E-state index in [0.717, 1.165) is 34.3 Å². The van der Waals surface area contributed by atoms with E-state index in [2.05, 4.69) is 23.6 Å². The van der Waals surface area contributed by atoms with E-state index in [1.165, 1.54) is 0 Å². The third kappa shape index (κ3) is 3.74. The van der Waals surface area contributed by atoms with Crippen molar-refractivity contribution in [1.29, 1.82) is 10.5 Å². The molecule has 0 N–H and O–H groups in total. The van der Waals surface area contributed by atoms with E-state index in [0.29, 0.717) is 11.1 Å². The summed E-state index contributed by atoms with van der Waals surface area (Å²) < 4.78 is 2.05. The zero-order valence-corrected chi connectivity index (χ0v) is 14.6. The summed E-state index contributed by atoms with van der Waals surface area (Å²) in [7, 11) is 0. The van der Waals surface area contributed by atoms with Crippen molar-refractivity contribution in [2.45, 2.75) is 18.5 Å². The van der Waals surface area contributed by atoms with Crippen molar-refractivity contribution in [3.05, 3.63) is 65.9 Å². The molecule has 0 aliphatic heterocycles. The lowest BCUT2D eigenvalue weighted by Crippen LogP contribution is -1.95. The van der Waals surface area contributed by atoms with Crippen LogP contribution < -0.4 is 0 Å². The molecular formula is C20H16N4S. The van der Waals surface area contributed by atoms with Gasteiger partial charge >= 0.3 is 0 Å². The van der Waals surface area contributed by atoms with Crippen molar-refractivity contribution < 1.29 is 0 Å². The Morgan fingerprint density at radius 2 is 1.56 bits per heavy atom. The molecule has 0 radical (unpaired) electrons. The van der Waals surface area contributed by atoms with E-state index in [1.807, 2.05) is 42.6 Å². The van der Waals surface area contributed by atoms with Crippen LogP contribution in [-0.2, 0) is 0 Å². The van der Waals surface area contributed by atoms with Crippen LogP contribution in [0.2, 0.25) is 0 Å². The van der Waals surface area contributed by atoms with Gasteiger partial charge < -0.3 is 0 Å². The van der Waals surface area contributed by atoms with Gasteiger partial charge in [-0.2, -0.15) is 10.5 Å². The van der Waals surface area contributed by atoms with Crippen molar-refractivity contribution in [1.82, 2.24) is 9.55 Å². The predicted molar refractivity (Wildman–Crippen MR) is 99.4 cm³/mol. The summed E-state index contributed by atoms with van der Waals surface area (Å²) in [4.78, 5) is 4.77. The fourth-order valence-corrected chi connectivity index (χ4v) is 3.24. The smallest absolute Gasteiger partial charge is 0.173 e. The first-order valence-electron chi connectivity index (χ1n) is 7.98. The van der Waals surface area contributed by atoms with Crippen LogP contribution in [0.3, 0.4) is 0 Å². The average molecular weight is 344 g/mol. The van der Waals surface area contributed by atoms with Crippen LogP contribution in [0.1, 0.15) is 24.5 Å². The molecule has 0 saturated carbocycles. The molecule has 1 aromatic heterocycles. The second kappa shape index (κ2) is 7.70. The second-order valence-corrected chi connectivity index (χ2v) is 6.54. The van der Waals surface area contributed by atoms with Gasteiger partial charge in [0.2, 0.25) is 0 Å². The standard InChI is InChI=1S/C20H16N4S/c1-2-11-25-20-23-19(17-7-3-15(12-21)4-8-17)14-24(20)18-9-5-16(13-22)6-10-18/h3-10,14H,2,11H2,1H3. The number of nitriles is 2.